The van der Waals surface area contributed by atoms with E-state index in [4.69, 9.17) is 21.6 Å². The van der Waals surface area contributed by atoms with Crippen LogP contribution in [0.1, 0.15) is 20.3 Å². The van der Waals surface area contributed by atoms with Gasteiger partial charge in [0.05, 0.1) is 24.4 Å². The van der Waals surface area contributed by atoms with Crippen molar-refractivity contribution in [2.24, 2.45) is 0 Å². The number of hydrogen-bond donors (Lipinski definition) is 3. The van der Waals surface area contributed by atoms with Crippen LogP contribution in [0.5, 0.6) is 0 Å². The molecule has 1 heterocycles. The second-order valence-corrected chi connectivity index (χ2v) is 5.84. The van der Waals surface area contributed by atoms with Crippen LogP contribution in [0.4, 0.5) is 17.1 Å². The summed E-state index contributed by atoms with van der Waals surface area (Å²) in [5, 5.41) is 6.98. The largest absolute Gasteiger partial charge is 0.481 e. The van der Waals surface area contributed by atoms with Gasteiger partial charge >= 0.3 is 0 Å². The van der Waals surface area contributed by atoms with E-state index >= 15 is 0 Å². The smallest absolute Gasteiger partial charge is 0.187 e. The summed E-state index contributed by atoms with van der Waals surface area (Å²) < 4.78 is 4.72. The zero-order valence-corrected chi connectivity index (χ0v) is 16.1. The van der Waals surface area contributed by atoms with Gasteiger partial charge in [0, 0.05) is 31.9 Å². The van der Waals surface area contributed by atoms with Gasteiger partial charge in [-0.05, 0) is 39.1 Å². The number of nitrogens with zero attached hydrogens (tertiary/aromatic N) is 2. The highest BCUT2D eigenvalue weighted by Gasteiger charge is 2.14. The lowest BCUT2D eigenvalue weighted by Crippen LogP contribution is -2.44. The third kappa shape index (κ3) is 8.60. The molecule has 0 unspecified atom stereocenters. The molecule has 1 aliphatic heterocycles. The van der Waals surface area contributed by atoms with E-state index in [2.05, 4.69) is 16.8 Å². The van der Waals surface area contributed by atoms with Crippen molar-refractivity contribution in [2.75, 3.05) is 56.2 Å². The molecule has 8 heteroatoms. The van der Waals surface area contributed by atoms with Crippen LogP contribution in [0.15, 0.2) is 18.2 Å². The van der Waals surface area contributed by atoms with Gasteiger partial charge < -0.3 is 26.0 Å². The minimum absolute atomic E-state index is 0. The summed E-state index contributed by atoms with van der Waals surface area (Å²) in [5.74, 6) is 0.0263. The summed E-state index contributed by atoms with van der Waals surface area (Å²) in [5.41, 5.74) is 14.0. The van der Waals surface area contributed by atoms with Crippen molar-refractivity contribution in [1.29, 1.82) is 5.41 Å². The highest BCUT2D eigenvalue weighted by molar-refractivity contribution is 5.95. The Kier molecular flexibility index (Phi) is 10.6. The third-order valence-corrected chi connectivity index (χ3v) is 3.67. The molecule has 142 valence electrons. The SMILES string of the molecule is CCOC(=N)CC(C)=O.CN1CCN(c2ccc(N)c(N)c2)CC1.Cl. The number of ether oxygens (including phenoxy) is 1. The quantitative estimate of drug-likeness (QED) is 0.424. The highest BCUT2D eigenvalue weighted by atomic mass is 35.5. The maximum absolute atomic E-state index is 10.3. The molecule has 25 heavy (non-hydrogen) atoms. The second-order valence-electron chi connectivity index (χ2n) is 5.84. The Morgan fingerprint density at radius 3 is 2.28 bits per heavy atom. The number of likely N-dealkylation sites (N-methyl/N-ethyl adjacent to an activating group) is 1. The van der Waals surface area contributed by atoms with E-state index in [1.807, 2.05) is 18.2 Å². The highest BCUT2D eigenvalue weighted by Crippen LogP contribution is 2.23. The number of nitrogens with one attached hydrogen (secondary N) is 1. The first-order valence-corrected chi connectivity index (χ1v) is 8.11. The number of carbonyl (C=O) groups excluding carboxylic acids is 1. The molecule has 1 fully saturated rings. The number of benzene rings is 1. The molecular weight excluding hydrogens is 342 g/mol. The van der Waals surface area contributed by atoms with Gasteiger partial charge in [0.1, 0.15) is 5.78 Å². The van der Waals surface area contributed by atoms with Gasteiger partial charge in [-0.1, -0.05) is 0 Å². The number of nitrogens with two attached hydrogens (primary N) is 2. The molecule has 0 aliphatic carbocycles. The number of hydrogen-bond acceptors (Lipinski definition) is 7. The third-order valence-electron chi connectivity index (χ3n) is 3.67. The standard InChI is InChI=1S/C11H18N4.C6H11NO2.ClH/c1-14-4-6-15(7-5-14)9-2-3-10(12)11(13)8-9;1-3-9-6(7)4-5(2)8;/h2-3,8H,4-7,12-13H2,1H3;7H,3-4H2,1-2H3;1H. The van der Waals surface area contributed by atoms with Gasteiger partial charge in [0.15, 0.2) is 5.90 Å². The molecule has 0 aromatic heterocycles. The van der Waals surface area contributed by atoms with Gasteiger partial charge in [0.25, 0.3) is 0 Å². The minimum atomic E-state index is -0.0338. The minimum Gasteiger partial charge on any atom is -0.481 e. The van der Waals surface area contributed by atoms with Crippen molar-refractivity contribution >= 4 is 41.2 Å². The van der Waals surface area contributed by atoms with Crippen LogP contribution in [0, 0.1) is 5.41 Å². The van der Waals surface area contributed by atoms with Gasteiger partial charge in [-0.2, -0.15) is 0 Å². The molecule has 1 saturated heterocycles. The number of rotatable bonds is 4. The van der Waals surface area contributed by atoms with Crippen LogP contribution < -0.4 is 16.4 Å². The number of piperazine rings is 1. The number of Topliss-reactive ketones (excluding diaryl/α,β-unsaturated/α-hetero) is 1. The lowest BCUT2D eigenvalue weighted by Gasteiger charge is -2.34. The van der Waals surface area contributed by atoms with E-state index in [9.17, 15) is 4.79 Å². The first kappa shape index (κ1) is 23.0. The average Bonchev–Trinajstić information content (AvgIpc) is 2.51. The predicted molar refractivity (Wildman–Crippen MR) is 107 cm³/mol. The zero-order chi connectivity index (χ0) is 18.1. The molecule has 7 nitrogen and oxygen atoms in total. The lowest BCUT2D eigenvalue weighted by molar-refractivity contribution is -0.116. The number of carbonyl (C=O) groups is 1. The molecule has 5 N–H and O–H groups in total. The first-order chi connectivity index (χ1) is 11.3. The molecule has 0 saturated carbocycles. The maximum Gasteiger partial charge on any atom is 0.187 e. The normalized spacial score (nSPS) is 14.0. The lowest BCUT2D eigenvalue weighted by atomic mass is 10.2. The number of anilines is 3. The Hall–Kier alpha value is -1.99. The molecule has 0 atom stereocenters. The number of halogens is 1. The van der Waals surface area contributed by atoms with Crippen LogP contribution in [-0.4, -0.2) is 56.4 Å². The van der Waals surface area contributed by atoms with Crippen molar-refractivity contribution in [2.45, 2.75) is 20.3 Å². The molecule has 0 amide bonds. The molecule has 0 spiro atoms. The summed E-state index contributed by atoms with van der Waals surface area (Å²) in [6.07, 6.45) is 0.119. The zero-order valence-electron chi connectivity index (χ0n) is 15.2. The van der Waals surface area contributed by atoms with E-state index in [-0.39, 0.29) is 30.5 Å². The Morgan fingerprint density at radius 2 is 1.80 bits per heavy atom. The fraction of sp³-hybridized carbons (Fsp3) is 0.529. The van der Waals surface area contributed by atoms with Gasteiger partial charge in [-0.15, -0.1) is 12.4 Å². The van der Waals surface area contributed by atoms with Gasteiger partial charge in [-0.3, -0.25) is 10.2 Å². The Labute approximate surface area is 156 Å². The van der Waals surface area contributed by atoms with Crippen molar-refractivity contribution < 1.29 is 9.53 Å². The summed E-state index contributed by atoms with van der Waals surface area (Å²) in [6.45, 7) is 8.00. The summed E-state index contributed by atoms with van der Waals surface area (Å²) in [7, 11) is 2.15. The first-order valence-electron chi connectivity index (χ1n) is 8.11. The summed E-state index contributed by atoms with van der Waals surface area (Å²) in [4.78, 5) is 15.0. The predicted octanol–water partition coefficient (Wildman–Crippen LogP) is 2.00. The topological polar surface area (TPSA) is 109 Å². The Morgan fingerprint density at radius 1 is 1.20 bits per heavy atom. The van der Waals surface area contributed by atoms with Crippen molar-refractivity contribution in [3.05, 3.63) is 18.2 Å². The van der Waals surface area contributed by atoms with E-state index in [1.54, 1.807) is 6.92 Å². The Bertz CT molecular complexity index is 560. The Balaban J connectivity index is 0.000000504. The van der Waals surface area contributed by atoms with E-state index in [0.29, 0.717) is 18.0 Å². The molecule has 0 radical (unpaired) electrons. The molecule has 1 aliphatic rings. The maximum atomic E-state index is 10.3. The van der Waals surface area contributed by atoms with Crippen molar-refractivity contribution in [1.82, 2.24) is 4.90 Å². The van der Waals surface area contributed by atoms with Crippen LogP contribution in [0.25, 0.3) is 0 Å². The van der Waals surface area contributed by atoms with Crippen molar-refractivity contribution in [3.8, 4) is 0 Å². The van der Waals surface area contributed by atoms with E-state index < -0.39 is 0 Å². The van der Waals surface area contributed by atoms with Gasteiger partial charge in [-0.25, -0.2) is 0 Å². The molecule has 2 rings (SSSR count). The van der Waals surface area contributed by atoms with Crippen LogP contribution in [0.3, 0.4) is 0 Å². The second kappa shape index (κ2) is 11.5. The van der Waals surface area contributed by atoms with Crippen molar-refractivity contribution in [3.63, 3.8) is 0 Å². The average molecular weight is 372 g/mol. The molecule has 0 bridgehead atoms. The van der Waals surface area contributed by atoms with Crippen LogP contribution >= 0.6 is 12.4 Å². The summed E-state index contributed by atoms with van der Waals surface area (Å²) >= 11 is 0. The molecule has 1 aromatic rings. The van der Waals surface area contributed by atoms with Gasteiger partial charge in [0.2, 0.25) is 0 Å². The van der Waals surface area contributed by atoms with Crippen LogP contribution in [0.2, 0.25) is 0 Å². The molecule has 1 aromatic carbocycles. The fourth-order valence-electron chi connectivity index (χ4n) is 2.27. The fourth-order valence-corrected chi connectivity index (χ4v) is 2.27. The summed E-state index contributed by atoms with van der Waals surface area (Å²) in [6, 6.07) is 5.88. The molecular formula is C17H30ClN5O2. The van der Waals surface area contributed by atoms with Crippen LogP contribution in [-0.2, 0) is 9.53 Å². The van der Waals surface area contributed by atoms with E-state index in [1.165, 1.54) is 12.6 Å². The number of nitrogen functional groups attached to an aromatic ring is 2. The monoisotopic (exact) mass is 371 g/mol. The van der Waals surface area contributed by atoms with E-state index in [0.717, 1.165) is 26.2 Å². The number of ketones is 1.